The Balaban J connectivity index is 2.21. The van der Waals surface area contributed by atoms with Crippen molar-refractivity contribution < 1.29 is 19.4 Å². The van der Waals surface area contributed by atoms with Crippen molar-refractivity contribution in [1.29, 1.82) is 0 Å². The fraction of sp³-hybridized carbons (Fsp3) is 0.111. The molecule has 0 atom stereocenters. The quantitative estimate of drug-likeness (QED) is 0.797. The average Bonchev–Trinajstić information content (AvgIpc) is 2.59. The number of aromatic carboxylic acids is 1. The van der Waals surface area contributed by atoms with Gasteiger partial charge in [-0.15, -0.1) is 0 Å². The molecule has 2 aromatic carbocycles. The van der Waals surface area contributed by atoms with Crippen molar-refractivity contribution in [3.63, 3.8) is 0 Å². The van der Waals surface area contributed by atoms with Crippen molar-refractivity contribution >= 4 is 16.9 Å². The Labute approximate surface area is 133 Å². The van der Waals surface area contributed by atoms with Gasteiger partial charge < -0.3 is 14.6 Å². The summed E-state index contributed by atoms with van der Waals surface area (Å²) in [7, 11) is 2.89. The molecule has 0 radical (unpaired) electrons. The first-order chi connectivity index (χ1) is 11.1. The van der Waals surface area contributed by atoms with Crippen LogP contribution in [0.4, 0.5) is 0 Å². The third-order valence-electron chi connectivity index (χ3n) is 3.60. The van der Waals surface area contributed by atoms with Crippen LogP contribution in [-0.4, -0.2) is 30.3 Å². The number of carboxylic acids is 1. The standard InChI is InChI=1S/C18H15NO4/c1-22-16-10-12(9-13(18(20)21)17(16)23-2)15-8-7-11-5-3-4-6-14(11)19-15/h3-10H,1-2H3,(H,20,21). The minimum atomic E-state index is -1.08. The Morgan fingerprint density at radius 3 is 2.52 bits per heavy atom. The number of hydrogen-bond donors (Lipinski definition) is 1. The van der Waals surface area contributed by atoms with Gasteiger partial charge in [0, 0.05) is 10.9 Å². The number of methoxy groups -OCH3 is 2. The van der Waals surface area contributed by atoms with E-state index in [1.54, 1.807) is 12.1 Å². The summed E-state index contributed by atoms with van der Waals surface area (Å²) in [5, 5.41) is 10.4. The van der Waals surface area contributed by atoms with Gasteiger partial charge in [0.1, 0.15) is 5.56 Å². The number of hydrogen-bond acceptors (Lipinski definition) is 4. The van der Waals surface area contributed by atoms with Crippen LogP contribution in [0.3, 0.4) is 0 Å². The molecule has 0 fully saturated rings. The second-order valence-corrected chi connectivity index (χ2v) is 4.95. The average molecular weight is 309 g/mol. The summed E-state index contributed by atoms with van der Waals surface area (Å²) in [4.78, 5) is 16.1. The lowest BCUT2D eigenvalue weighted by Crippen LogP contribution is -2.03. The summed E-state index contributed by atoms with van der Waals surface area (Å²) in [6.07, 6.45) is 0. The van der Waals surface area contributed by atoms with Gasteiger partial charge in [-0.25, -0.2) is 9.78 Å². The first-order valence-corrected chi connectivity index (χ1v) is 6.99. The second-order valence-electron chi connectivity index (χ2n) is 4.95. The van der Waals surface area contributed by atoms with E-state index in [1.807, 2.05) is 36.4 Å². The van der Waals surface area contributed by atoms with E-state index in [1.165, 1.54) is 14.2 Å². The van der Waals surface area contributed by atoms with Gasteiger partial charge >= 0.3 is 5.97 Å². The lowest BCUT2D eigenvalue weighted by atomic mass is 10.0. The van der Waals surface area contributed by atoms with Crippen molar-refractivity contribution in [1.82, 2.24) is 4.98 Å². The van der Waals surface area contributed by atoms with Crippen LogP contribution in [0, 0.1) is 0 Å². The van der Waals surface area contributed by atoms with E-state index >= 15 is 0 Å². The zero-order valence-corrected chi connectivity index (χ0v) is 12.7. The number of nitrogens with zero attached hydrogens (tertiary/aromatic N) is 1. The molecule has 0 aliphatic carbocycles. The van der Waals surface area contributed by atoms with Crippen LogP contribution in [0.5, 0.6) is 11.5 Å². The summed E-state index contributed by atoms with van der Waals surface area (Å²) < 4.78 is 10.4. The van der Waals surface area contributed by atoms with E-state index in [0.717, 1.165) is 10.9 Å². The van der Waals surface area contributed by atoms with Crippen molar-refractivity contribution in [2.45, 2.75) is 0 Å². The number of carboxylic acid groups (broad SMARTS) is 1. The maximum absolute atomic E-state index is 11.5. The fourth-order valence-corrected chi connectivity index (χ4v) is 2.50. The van der Waals surface area contributed by atoms with E-state index in [9.17, 15) is 9.90 Å². The summed E-state index contributed by atoms with van der Waals surface area (Å²) in [5.74, 6) is -0.523. The Morgan fingerprint density at radius 1 is 1.04 bits per heavy atom. The van der Waals surface area contributed by atoms with Gasteiger partial charge in [-0.2, -0.15) is 0 Å². The van der Waals surface area contributed by atoms with E-state index in [2.05, 4.69) is 4.98 Å². The lowest BCUT2D eigenvalue weighted by molar-refractivity contribution is 0.0692. The van der Waals surface area contributed by atoms with Gasteiger partial charge in [-0.3, -0.25) is 0 Å². The zero-order chi connectivity index (χ0) is 16.4. The monoisotopic (exact) mass is 309 g/mol. The molecule has 0 saturated carbocycles. The van der Waals surface area contributed by atoms with Crippen molar-refractivity contribution in [2.75, 3.05) is 14.2 Å². The van der Waals surface area contributed by atoms with Crippen LogP contribution >= 0.6 is 0 Å². The number of ether oxygens (including phenoxy) is 2. The molecule has 0 amide bonds. The molecule has 0 saturated heterocycles. The van der Waals surface area contributed by atoms with Gasteiger partial charge in [0.05, 0.1) is 25.4 Å². The number of pyridine rings is 1. The number of rotatable bonds is 4. The predicted molar refractivity (Wildman–Crippen MR) is 87.2 cm³/mol. The molecule has 3 rings (SSSR count). The summed E-state index contributed by atoms with van der Waals surface area (Å²) in [5.41, 5.74) is 2.21. The molecule has 0 unspecified atom stereocenters. The largest absolute Gasteiger partial charge is 0.493 e. The van der Waals surface area contributed by atoms with Crippen molar-refractivity contribution in [2.24, 2.45) is 0 Å². The van der Waals surface area contributed by atoms with Gasteiger partial charge in [0.2, 0.25) is 0 Å². The highest BCUT2D eigenvalue weighted by molar-refractivity contribution is 5.94. The Kier molecular flexibility index (Phi) is 3.85. The van der Waals surface area contributed by atoms with E-state index in [4.69, 9.17) is 9.47 Å². The highest BCUT2D eigenvalue weighted by Crippen LogP contribution is 2.36. The molecule has 5 heteroatoms. The van der Waals surface area contributed by atoms with Crippen LogP contribution in [-0.2, 0) is 0 Å². The molecule has 1 heterocycles. The van der Waals surface area contributed by atoms with Crippen LogP contribution in [0.15, 0.2) is 48.5 Å². The van der Waals surface area contributed by atoms with Gasteiger partial charge in [0.25, 0.3) is 0 Å². The Morgan fingerprint density at radius 2 is 1.83 bits per heavy atom. The molecule has 0 aliphatic heterocycles. The summed E-state index contributed by atoms with van der Waals surface area (Å²) in [6, 6.07) is 14.8. The number of para-hydroxylation sites is 1. The maximum Gasteiger partial charge on any atom is 0.339 e. The third kappa shape index (κ3) is 2.68. The molecule has 23 heavy (non-hydrogen) atoms. The van der Waals surface area contributed by atoms with Gasteiger partial charge in [-0.1, -0.05) is 24.3 Å². The molecular formula is C18H15NO4. The van der Waals surface area contributed by atoms with Gasteiger partial charge in [0.15, 0.2) is 11.5 Å². The fourth-order valence-electron chi connectivity index (χ4n) is 2.50. The number of carbonyl (C=O) groups is 1. The number of fused-ring (bicyclic) bond motifs is 1. The maximum atomic E-state index is 11.5. The topological polar surface area (TPSA) is 68.7 Å². The highest BCUT2D eigenvalue weighted by Gasteiger charge is 2.19. The Bertz CT molecular complexity index is 889. The summed E-state index contributed by atoms with van der Waals surface area (Å²) in [6.45, 7) is 0. The minimum Gasteiger partial charge on any atom is -0.493 e. The molecule has 0 aliphatic rings. The zero-order valence-electron chi connectivity index (χ0n) is 12.7. The molecule has 1 aromatic heterocycles. The molecule has 116 valence electrons. The Hall–Kier alpha value is -3.08. The highest BCUT2D eigenvalue weighted by atomic mass is 16.5. The van der Waals surface area contributed by atoms with E-state index in [0.29, 0.717) is 17.0 Å². The minimum absolute atomic E-state index is 0.0387. The van der Waals surface area contributed by atoms with E-state index in [-0.39, 0.29) is 11.3 Å². The second kappa shape index (κ2) is 5.96. The first-order valence-electron chi connectivity index (χ1n) is 6.99. The van der Waals surface area contributed by atoms with Crippen molar-refractivity contribution in [3.8, 4) is 22.8 Å². The van der Waals surface area contributed by atoms with Gasteiger partial charge in [-0.05, 0) is 24.3 Å². The molecule has 5 nitrogen and oxygen atoms in total. The van der Waals surface area contributed by atoms with Crippen LogP contribution in [0.25, 0.3) is 22.2 Å². The molecular weight excluding hydrogens is 294 g/mol. The molecule has 1 N–H and O–H groups in total. The van der Waals surface area contributed by atoms with E-state index < -0.39 is 5.97 Å². The molecule has 0 bridgehead atoms. The lowest BCUT2D eigenvalue weighted by Gasteiger charge is -2.13. The molecule has 0 spiro atoms. The van der Waals surface area contributed by atoms with Crippen LogP contribution in [0.1, 0.15) is 10.4 Å². The van der Waals surface area contributed by atoms with Crippen LogP contribution < -0.4 is 9.47 Å². The smallest absolute Gasteiger partial charge is 0.339 e. The SMILES string of the molecule is COc1cc(-c2ccc3ccccc3n2)cc(C(=O)O)c1OC. The van der Waals surface area contributed by atoms with Crippen molar-refractivity contribution in [3.05, 3.63) is 54.1 Å². The number of benzene rings is 2. The summed E-state index contributed by atoms with van der Waals surface area (Å²) >= 11 is 0. The number of aromatic nitrogens is 1. The first kappa shape index (κ1) is 14.8. The third-order valence-corrected chi connectivity index (χ3v) is 3.60. The van der Waals surface area contributed by atoms with Crippen LogP contribution in [0.2, 0.25) is 0 Å². The molecule has 3 aromatic rings. The normalized spacial score (nSPS) is 10.5. The predicted octanol–water partition coefficient (Wildman–Crippen LogP) is 3.62.